The highest BCUT2D eigenvalue weighted by atomic mass is 35.5. The molecule has 0 saturated carbocycles. The topological polar surface area (TPSA) is 93.9 Å². The number of hydrogen-bond acceptors (Lipinski definition) is 5. The van der Waals surface area contributed by atoms with Gasteiger partial charge in [-0.05, 0) is 36.2 Å². The molecule has 3 heterocycles. The second-order valence-corrected chi connectivity index (χ2v) is 7.23. The van der Waals surface area contributed by atoms with Gasteiger partial charge in [-0.3, -0.25) is 9.78 Å². The highest BCUT2D eigenvalue weighted by Gasteiger charge is 2.34. The Hall–Kier alpha value is -3.56. The van der Waals surface area contributed by atoms with Crippen molar-refractivity contribution in [1.29, 1.82) is 5.26 Å². The number of hydrogen-bond donors (Lipinski definition) is 1. The van der Waals surface area contributed by atoms with Crippen LogP contribution in [0.5, 0.6) is 5.75 Å². The standard InChI is InChI=1S/C22H17ClN4O2/c1-13-9-18-20(22(28)27(13)12-14-3-2-8-26-11-14)19(17(10-24)21(25)29-18)15-4-6-16(23)7-5-15/h2-9,11,19H,12,25H2,1H3. The van der Waals surface area contributed by atoms with Gasteiger partial charge in [0.25, 0.3) is 5.56 Å². The molecule has 6 nitrogen and oxygen atoms in total. The number of nitrogens with zero attached hydrogens (tertiary/aromatic N) is 3. The molecule has 0 aliphatic carbocycles. The number of nitriles is 1. The molecule has 2 aromatic heterocycles. The number of nitrogens with two attached hydrogens (primary N) is 1. The highest BCUT2D eigenvalue weighted by Crippen LogP contribution is 2.40. The molecule has 0 fully saturated rings. The van der Waals surface area contributed by atoms with Crippen molar-refractivity contribution in [2.24, 2.45) is 5.73 Å². The first-order valence-corrected chi connectivity index (χ1v) is 9.33. The first kappa shape index (κ1) is 18.8. The Morgan fingerprint density at radius 3 is 2.72 bits per heavy atom. The number of ether oxygens (including phenoxy) is 1. The number of rotatable bonds is 3. The molecule has 1 aliphatic heterocycles. The fraction of sp³-hybridized carbons (Fsp3) is 0.136. The van der Waals surface area contributed by atoms with Gasteiger partial charge in [-0.15, -0.1) is 0 Å². The molecule has 1 unspecified atom stereocenters. The Labute approximate surface area is 172 Å². The van der Waals surface area contributed by atoms with Crippen LogP contribution >= 0.6 is 11.6 Å². The van der Waals surface area contributed by atoms with E-state index in [-0.39, 0.29) is 17.0 Å². The molecule has 1 atom stereocenters. The Morgan fingerprint density at radius 2 is 2.07 bits per heavy atom. The summed E-state index contributed by atoms with van der Waals surface area (Å²) in [7, 11) is 0. The van der Waals surface area contributed by atoms with E-state index in [0.29, 0.717) is 22.9 Å². The van der Waals surface area contributed by atoms with E-state index >= 15 is 0 Å². The summed E-state index contributed by atoms with van der Waals surface area (Å²) in [5.74, 6) is -0.260. The summed E-state index contributed by atoms with van der Waals surface area (Å²) in [6.45, 7) is 2.19. The van der Waals surface area contributed by atoms with E-state index in [1.165, 1.54) is 0 Å². The van der Waals surface area contributed by atoms with Crippen LogP contribution in [0, 0.1) is 18.3 Å². The molecule has 1 aliphatic rings. The third-order valence-corrected chi connectivity index (χ3v) is 5.21. The van der Waals surface area contributed by atoms with Crippen molar-refractivity contribution < 1.29 is 4.74 Å². The zero-order valence-corrected chi connectivity index (χ0v) is 16.3. The van der Waals surface area contributed by atoms with E-state index in [1.54, 1.807) is 47.3 Å². The van der Waals surface area contributed by atoms with Crippen LogP contribution in [-0.2, 0) is 6.54 Å². The molecule has 0 saturated heterocycles. The van der Waals surface area contributed by atoms with E-state index in [2.05, 4.69) is 11.1 Å². The van der Waals surface area contributed by atoms with E-state index in [9.17, 15) is 10.1 Å². The molecule has 0 bridgehead atoms. The normalized spacial score (nSPS) is 15.4. The van der Waals surface area contributed by atoms with Gasteiger partial charge in [0.1, 0.15) is 17.4 Å². The Morgan fingerprint density at radius 1 is 1.31 bits per heavy atom. The van der Waals surface area contributed by atoms with Crippen molar-refractivity contribution in [2.45, 2.75) is 19.4 Å². The lowest BCUT2D eigenvalue weighted by atomic mass is 9.84. The van der Waals surface area contributed by atoms with Crippen LogP contribution in [0.4, 0.5) is 0 Å². The molecule has 0 amide bonds. The predicted molar refractivity (Wildman–Crippen MR) is 110 cm³/mol. The van der Waals surface area contributed by atoms with Gasteiger partial charge in [0, 0.05) is 29.2 Å². The average Bonchev–Trinajstić information content (AvgIpc) is 2.71. The minimum Gasteiger partial charge on any atom is -0.440 e. The second kappa shape index (κ2) is 7.46. The fourth-order valence-electron chi connectivity index (χ4n) is 3.55. The molecule has 3 aromatic rings. The number of aromatic nitrogens is 2. The molecule has 0 spiro atoms. The third kappa shape index (κ3) is 3.37. The van der Waals surface area contributed by atoms with Gasteiger partial charge in [-0.25, -0.2) is 0 Å². The highest BCUT2D eigenvalue weighted by molar-refractivity contribution is 6.30. The van der Waals surface area contributed by atoms with Crippen LogP contribution in [-0.4, -0.2) is 9.55 Å². The Bertz CT molecular complexity index is 1210. The summed E-state index contributed by atoms with van der Waals surface area (Å²) in [4.78, 5) is 17.6. The third-order valence-electron chi connectivity index (χ3n) is 4.96. The van der Waals surface area contributed by atoms with Gasteiger partial charge in [-0.1, -0.05) is 29.8 Å². The zero-order chi connectivity index (χ0) is 20.5. The molecule has 1 aromatic carbocycles. The van der Waals surface area contributed by atoms with Crippen LogP contribution in [0.3, 0.4) is 0 Å². The van der Waals surface area contributed by atoms with Crippen molar-refractivity contribution >= 4 is 11.6 Å². The number of pyridine rings is 2. The molecule has 0 radical (unpaired) electrons. The van der Waals surface area contributed by atoms with Crippen LogP contribution < -0.4 is 16.0 Å². The van der Waals surface area contributed by atoms with Gasteiger partial charge in [0.2, 0.25) is 5.88 Å². The number of halogens is 1. The van der Waals surface area contributed by atoms with E-state index in [0.717, 1.165) is 16.8 Å². The zero-order valence-electron chi connectivity index (χ0n) is 15.6. The van der Waals surface area contributed by atoms with E-state index in [1.807, 2.05) is 19.1 Å². The van der Waals surface area contributed by atoms with Crippen molar-refractivity contribution in [3.05, 3.63) is 104 Å². The molecular weight excluding hydrogens is 388 g/mol. The van der Waals surface area contributed by atoms with Crippen LogP contribution in [0.2, 0.25) is 5.02 Å². The predicted octanol–water partition coefficient (Wildman–Crippen LogP) is 3.47. The van der Waals surface area contributed by atoms with Gasteiger partial charge >= 0.3 is 0 Å². The molecule has 4 rings (SSSR count). The van der Waals surface area contributed by atoms with E-state index in [4.69, 9.17) is 22.1 Å². The largest absolute Gasteiger partial charge is 0.440 e. The first-order chi connectivity index (χ1) is 14.0. The van der Waals surface area contributed by atoms with Gasteiger partial charge in [-0.2, -0.15) is 5.26 Å². The maximum absolute atomic E-state index is 13.5. The van der Waals surface area contributed by atoms with Crippen LogP contribution in [0.25, 0.3) is 0 Å². The SMILES string of the molecule is Cc1cc2c(c(=O)n1Cc1cccnc1)C(c1ccc(Cl)cc1)C(C#N)=C(N)O2. The lowest BCUT2D eigenvalue weighted by molar-refractivity contribution is 0.389. The van der Waals surface area contributed by atoms with Crippen LogP contribution in [0.15, 0.2) is 71.1 Å². The summed E-state index contributed by atoms with van der Waals surface area (Å²) in [6.07, 6.45) is 3.40. The number of benzene rings is 1. The summed E-state index contributed by atoms with van der Waals surface area (Å²) in [5, 5.41) is 10.3. The van der Waals surface area contributed by atoms with Crippen molar-refractivity contribution in [3.63, 3.8) is 0 Å². The Kier molecular flexibility index (Phi) is 4.83. The lowest BCUT2D eigenvalue weighted by Gasteiger charge is -2.27. The minimum atomic E-state index is -0.630. The smallest absolute Gasteiger partial charge is 0.259 e. The summed E-state index contributed by atoms with van der Waals surface area (Å²) in [5.41, 5.74) is 8.73. The number of allylic oxidation sites excluding steroid dienone is 1. The summed E-state index contributed by atoms with van der Waals surface area (Å²) >= 11 is 6.02. The maximum Gasteiger partial charge on any atom is 0.259 e. The molecule has 2 N–H and O–H groups in total. The monoisotopic (exact) mass is 404 g/mol. The van der Waals surface area contributed by atoms with E-state index < -0.39 is 5.92 Å². The minimum absolute atomic E-state index is 0.00348. The van der Waals surface area contributed by atoms with Gasteiger partial charge < -0.3 is 15.0 Å². The molecular formula is C22H17ClN4O2. The van der Waals surface area contributed by atoms with Crippen molar-refractivity contribution in [1.82, 2.24) is 9.55 Å². The number of aryl methyl sites for hydroxylation is 1. The molecule has 144 valence electrons. The lowest BCUT2D eigenvalue weighted by Crippen LogP contribution is -2.33. The Balaban J connectivity index is 1.92. The quantitative estimate of drug-likeness (QED) is 0.721. The fourth-order valence-corrected chi connectivity index (χ4v) is 3.67. The van der Waals surface area contributed by atoms with Crippen LogP contribution in [0.1, 0.15) is 28.3 Å². The molecule has 29 heavy (non-hydrogen) atoms. The number of fused-ring (bicyclic) bond motifs is 1. The first-order valence-electron chi connectivity index (χ1n) is 8.96. The summed E-state index contributed by atoms with van der Waals surface area (Å²) < 4.78 is 7.31. The molecule has 7 heteroatoms. The summed E-state index contributed by atoms with van der Waals surface area (Å²) in [6, 6.07) is 14.6. The van der Waals surface area contributed by atoms with Crippen molar-refractivity contribution in [2.75, 3.05) is 0 Å². The van der Waals surface area contributed by atoms with Gasteiger partial charge in [0.15, 0.2) is 0 Å². The second-order valence-electron chi connectivity index (χ2n) is 6.79. The maximum atomic E-state index is 13.5. The van der Waals surface area contributed by atoms with Crippen molar-refractivity contribution in [3.8, 4) is 11.8 Å². The van der Waals surface area contributed by atoms with Gasteiger partial charge in [0.05, 0.1) is 18.0 Å². The average molecular weight is 405 g/mol.